The van der Waals surface area contributed by atoms with E-state index in [-0.39, 0.29) is 17.4 Å². The van der Waals surface area contributed by atoms with Crippen LogP contribution in [0.3, 0.4) is 0 Å². The first-order chi connectivity index (χ1) is 12.5. The number of hydrogen-bond donors (Lipinski definition) is 2. The summed E-state index contributed by atoms with van der Waals surface area (Å²) in [5.41, 5.74) is 0.629. The van der Waals surface area contributed by atoms with Crippen LogP contribution in [0.15, 0.2) is 5.16 Å². The summed E-state index contributed by atoms with van der Waals surface area (Å²) in [5.74, 6) is 7.15. The van der Waals surface area contributed by atoms with Gasteiger partial charge in [0.15, 0.2) is 16.7 Å². The van der Waals surface area contributed by atoms with Crippen LogP contribution in [-0.4, -0.2) is 37.3 Å². The van der Waals surface area contributed by atoms with E-state index in [4.69, 9.17) is 5.84 Å². The fraction of sp³-hybridized carbons (Fsp3) is 0.562. The van der Waals surface area contributed by atoms with Crippen molar-refractivity contribution in [1.82, 2.24) is 19.9 Å². The second-order valence-corrected chi connectivity index (χ2v) is 8.31. The lowest BCUT2D eigenvalue weighted by molar-refractivity contribution is -0.113. The second kappa shape index (κ2) is 8.17. The fourth-order valence-corrected chi connectivity index (χ4v) is 4.63. The number of nitrogens with one attached hydrogen (secondary N) is 1. The molecule has 0 atom stereocenters. The summed E-state index contributed by atoms with van der Waals surface area (Å²) >= 11 is 2.42. The van der Waals surface area contributed by atoms with Crippen molar-refractivity contribution in [1.29, 1.82) is 0 Å². The van der Waals surface area contributed by atoms with Crippen molar-refractivity contribution in [3.63, 3.8) is 0 Å². The number of amides is 1. The molecule has 1 fully saturated rings. The van der Waals surface area contributed by atoms with Crippen LogP contribution >= 0.6 is 23.1 Å². The van der Waals surface area contributed by atoms with Gasteiger partial charge in [-0.25, -0.2) is 9.66 Å². The van der Waals surface area contributed by atoms with Crippen molar-refractivity contribution in [2.45, 2.75) is 57.0 Å². The molecule has 1 amide bonds. The lowest BCUT2D eigenvalue weighted by Crippen LogP contribution is -2.19. The van der Waals surface area contributed by atoms with Crippen molar-refractivity contribution in [2.24, 2.45) is 0 Å². The maximum Gasteiger partial charge on any atom is 0.236 e. The van der Waals surface area contributed by atoms with E-state index >= 15 is 0 Å². The van der Waals surface area contributed by atoms with Gasteiger partial charge in [0.1, 0.15) is 0 Å². The Morgan fingerprint density at radius 2 is 2.04 bits per heavy atom. The predicted octanol–water partition coefficient (Wildman–Crippen LogP) is 2.74. The zero-order valence-electron chi connectivity index (χ0n) is 14.8. The van der Waals surface area contributed by atoms with Crippen LogP contribution in [0.25, 0.3) is 0 Å². The summed E-state index contributed by atoms with van der Waals surface area (Å²) in [4.78, 5) is 28.4. The number of Topliss-reactive ketones (excluding diaryl/α,β-unsaturated/α-hetero) is 1. The highest BCUT2D eigenvalue weighted by molar-refractivity contribution is 7.99. The van der Waals surface area contributed by atoms with E-state index in [1.807, 2.05) is 0 Å². The number of thioether (sulfide) groups is 1. The highest BCUT2D eigenvalue weighted by Crippen LogP contribution is 2.32. The number of nitrogens with zero attached hydrogens (tertiary/aromatic N) is 4. The number of ketones is 1. The van der Waals surface area contributed by atoms with Gasteiger partial charge in [0.25, 0.3) is 0 Å². The Bertz CT molecular complexity index is 810. The van der Waals surface area contributed by atoms with Crippen LogP contribution in [0.4, 0.5) is 5.13 Å². The number of anilines is 1. The number of carbonyl (C=O) groups excluding carboxylic acids is 2. The standard InChI is InChI=1S/C16H22N6O2S2/c1-9-13(10(2)23)26-15(18-9)19-12(24)8-25-16-21-20-14(22(16)17)11-6-4-3-5-7-11/h11H,3-8,17H2,1-2H3,(H,18,19,24). The van der Waals surface area contributed by atoms with Gasteiger partial charge in [0.2, 0.25) is 11.1 Å². The third-order valence-electron chi connectivity index (χ3n) is 4.36. The van der Waals surface area contributed by atoms with Gasteiger partial charge in [-0.1, -0.05) is 42.4 Å². The number of nitrogen functional groups attached to an aromatic ring is 1. The van der Waals surface area contributed by atoms with Gasteiger partial charge in [-0.2, -0.15) is 0 Å². The van der Waals surface area contributed by atoms with Gasteiger partial charge in [-0.05, 0) is 19.8 Å². The molecule has 1 aliphatic rings. The van der Waals surface area contributed by atoms with Gasteiger partial charge in [-0.3, -0.25) is 9.59 Å². The van der Waals surface area contributed by atoms with Crippen LogP contribution < -0.4 is 11.2 Å². The van der Waals surface area contributed by atoms with Crippen LogP contribution in [0, 0.1) is 6.92 Å². The topological polar surface area (TPSA) is 116 Å². The Labute approximate surface area is 159 Å². The third kappa shape index (κ3) is 4.24. The number of carbonyl (C=O) groups is 2. The zero-order chi connectivity index (χ0) is 18.7. The molecule has 0 radical (unpaired) electrons. The normalized spacial score (nSPS) is 15.2. The monoisotopic (exact) mass is 394 g/mol. The highest BCUT2D eigenvalue weighted by atomic mass is 32.2. The number of nitrogens with two attached hydrogens (primary N) is 1. The summed E-state index contributed by atoms with van der Waals surface area (Å²) < 4.78 is 1.51. The molecule has 0 unspecified atom stereocenters. The molecule has 1 saturated carbocycles. The van der Waals surface area contributed by atoms with E-state index in [0.29, 0.717) is 26.8 Å². The molecule has 0 bridgehead atoms. The number of aromatic nitrogens is 4. The molecule has 0 spiro atoms. The highest BCUT2D eigenvalue weighted by Gasteiger charge is 2.23. The SMILES string of the molecule is CC(=O)c1sc(NC(=O)CSc2nnc(C3CCCCC3)n2N)nc1C. The lowest BCUT2D eigenvalue weighted by atomic mass is 9.89. The fourth-order valence-electron chi connectivity index (χ4n) is 3.09. The molecular weight excluding hydrogens is 372 g/mol. The van der Waals surface area contributed by atoms with Gasteiger partial charge in [-0.15, -0.1) is 10.2 Å². The first-order valence-electron chi connectivity index (χ1n) is 8.57. The zero-order valence-corrected chi connectivity index (χ0v) is 16.5. The van der Waals surface area contributed by atoms with Crippen LogP contribution in [0.5, 0.6) is 0 Å². The average molecular weight is 395 g/mol. The summed E-state index contributed by atoms with van der Waals surface area (Å²) in [7, 11) is 0. The molecule has 3 rings (SSSR count). The molecular formula is C16H22N6O2S2. The van der Waals surface area contributed by atoms with Crippen molar-refractivity contribution < 1.29 is 9.59 Å². The van der Waals surface area contributed by atoms with Gasteiger partial charge in [0, 0.05) is 12.8 Å². The van der Waals surface area contributed by atoms with Crippen molar-refractivity contribution in [3.8, 4) is 0 Å². The first kappa shape index (κ1) is 18.8. The third-order valence-corrected chi connectivity index (χ3v) is 6.47. The predicted molar refractivity (Wildman–Crippen MR) is 102 cm³/mol. The lowest BCUT2D eigenvalue weighted by Gasteiger charge is -2.20. The van der Waals surface area contributed by atoms with Crippen molar-refractivity contribution >= 4 is 39.9 Å². The summed E-state index contributed by atoms with van der Waals surface area (Å²) in [5, 5.41) is 12.0. The Morgan fingerprint density at radius 1 is 1.31 bits per heavy atom. The molecule has 0 aromatic carbocycles. The second-order valence-electron chi connectivity index (χ2n) is 6.37. The number of aryl methyl sites for hydroxylation is 1. The first-order valence-corrected chi connectivity index (χ1v) is 10.4. The smallest absolute Gasteiger partial charge is 0.236 e. The minimum absolute atomic E-state index is 0.0543. The van der Waals surface area contributed by atoms with E-state index in [9.17, 15) is 9.59 Å². The van der Waals surface area contributed by atoms with E-state index in [1.54, 1.807) is 6.92 Å². The van der Waals surface area contributed by atoms with Crippen LogP contribution in [0.1, 0.15) is 66.1 Å². The van der Waals surface area contributed by atoms with Gasteiger partial charge in [0.05, 0.1) is 16.3 Å². The quantitative estimate of drug-likeness (QED) is 0.439. The Balaban J connectivity index is 1.57. The number of rotatable bonds is 6. The number of hydrogen-bond acceptors (Lipinski definition) is 8. The molecule has 0 saturated heterocycles. The molecule has 3 N–H and O–H groups in total. The molecule has 0 aliphatic heterocycles. The Hall–Kier alpha value is -1.94. The van der Waals surface area contributed by atoms with Crippen LogP contribution in [0.2, 0.25) is 0 Å². The molecule has 2 aromatic heterocycles. The van der Waals surface area contributed by atoms with E-state index < -0.39 is 0 Å². The molecule has 10 heteroatoms. The Morgan fingerprint density at radius 3 is 2.69 bits per heavy atom. The molecule has 2 heterocycles. The van der Waals surface area contributed by atoms with Crippen LogP contribution in [-0.2, 0) is 4.79 Å². The maximum atomic E-state index is 12.1. The van der Waals surface area contributed by atoms with Crippen molar-refractivity contribution in [3.05, 3.63) is 16.4 Å². The van der Waals surface area contributed by atoms with E-state index in [1.165, 1.54) is 54.0 Å². The molecule has 8 nitrogen and oxygen atoms in total. The largest absolute Gasteiger partial charge is 0.336 e. The molecule has 1 aliphatic carbocycles. The maximum absolute atomic E-state index is 12.1. The minimum atomic E-state index is -0.221. The molecule has 26 heavy (non-hydrogen) atoms. The summed E-state index contributed by atoms with van der Waals surface area (Å²) in [6, 6.07) is 0. The Kier molecular flexibility index (Phi) is 5.92. The van der Waals surface area contributed by atoms with Gasteiger partial charge >= 0.3 is 0 Å². The number of thiazole rings is 1. The van der Waals surface area contributed by atoms with Crippen molar-refractivity contribution in [2.75, 3.05) is 16.9 Å². The van der Waals surface area contributed by atoms with E-state index in [0.717, 1.165) is 18.7 Å². The summed E-state index contributed by atoms with van der Waals surface area (Å²) in [6.45, 7) is 3.24. The van der Waals surface area contributed by atoms with Gasteiger partial charge < -0.3 is 11.2 Å². The molecule has 2 aromatic rings. The minimum Gasteiger partial charge on any atom is -0.336 e. The molecule has 140 valence electrons. The summed E-state index contributed by atoms with van der Waals surface area (Å²) in [6.07, 6.45) is 5.82. The average Bonchev–Trinajstić information content (AvgIpc) is 3.16. The van der Waals surface area contributed by atoms with E-state index in [2.05, 4.69) is 20.5 Å².